The molecule has 0 atom stereocenters. The van der Waals surface area contributed by atoms with Crippen molar-refractivity contribution in [2.75, 3.05) is 5.32 Å². The van der Waals surface area contributed by atoms with Gasteiger partial charge in [-0.3, -0.25) is 0 Å². The Morgan fingerprint density at radius 3 is 2.73 bits per heavy atom. The number of aryl methyl sites for hydroxylation is 1. The largest absolute Gasteiger partial charge is 0.443 e. The first-order valence-corrected chi connectivity index (χ1v) is 7.68. The Kier molecular flexibility index (Phi) is 3.64. The van der Waals surface area contributed by atoms with Gasteiger partial charge in [0.25, 0.3) is 0 Å². The van der Waals surface area contributed by atoms with Gasteiger partial charge in [0.05, 0.1) is 18.1 Å². The van der Waals surface area contributed by atoms with Gasteiger partial charge in [-0.1, -0.05) is 20.8 Å². The maximum atomic E-state index is 5.77. The summed E-state index contributed by atoms with van der Waals surface area (Å²) in [5.74, 6) is 2.18. The zero-order valence-corrected chi connectivity index (χ0v) is 14.5. The van der Waals surface area contributed by atoms with E-state index in [0.29, 0.717) is 22.9 Å². The number of oxazole rings is 1. The van der Waals surface area contributed by atoms with Crippen molar-refractivity contribution in [2.24, 2.45) is 7.05 Å². The highest BCUT2D eigenvalue weighted by Crippen LogP contribution is 2.27. The minimum Gasteiger partial charge on any atom is -0.443 e. The van der Waals surface area contributed by atoms with Crippen LogP contribution in [0.2, 0.25) is 0 Å². The van der Waals surface area contributed by atoms with E-state index in [1.807, 2.05) is 7.05 Å². The average Bonchev–Trinajstić information content (AvgIpc) is 3.03. The molecule has 0 radical (unpaired) electrons. The third kappa shape index (κ3) is 2.70. The Bertz CT molecular complexity index is 816. The van der Waals surface area contributed by atoms with E-state index in [1.165, 1.54) is 6.33 Å². The molecule has 0 amide bonds. The fourth-order valence-electron chi connectivity index (χ4n) is 2.07. The molecular weight excluding hydrogens is 348 g/mol. The number of nitrogens with one attached hydrogen (secondary N) is 1. The molecule has 0 spiro atoms. The lowest BCUT2D eigenvalue weighted by Crippen LogP contribution is -2.09. The van der Waals surface area contributed by atoms with Gasteiger partial charge in [-0.25, -0.2) is 19.6 Å². The van der Waals surface area contributed by atoms with E-state index in [9.17, 15) is 0 Å². The van der Waals surface area contributed by atoms with Gasteiger partial charge < -0.3 is 9.73 Å². The molecule has 3 heterocycles. The summed E-state index contributed by atoms with van der Waals surface area (Å²) in [5.41, 5.74) is 0.701. The van der Waals surface area contributed by atoms with Crippen molar-refractivity contribution in [3.63, 3.8) is 0 Å². The lowest BCUT2D eigenvalue weighted by molar-refractivity contribution is 0.385. The van der Waals surface area contributed by atoms with Crippen molar-refractivity contribution < 1.29 is 4.42 Å². The van der Waals surface area contributed by atoms with Crippen LogP contribution >= 0.6 is 15.9 Å². The second-order valence-electron chi connectivity index (χ2n) is 6.06. The molecule has 0 saturated heterocycles. The van der Waals surface area contributed by atoms with E-state index in [4.69, 9.17) is 4.42 Å². The minimum absolute atomic E-state index is 0.0557. The number of aromatic nitrogens is 5. The molecule has 0 aliphatic heterocycles. The zero-order chi connectivity index (χ0) is 15.9. The van der Waals surface area contributed by atoms with E-state index < -0.39 is 0 Å². The fourth-order valence-corrected chi connectivity index (χ4v) is 2.68. The molecule has 0 saturated carbocycles. The maximum absolute atomic E-state index is 5.77. The normalized spacial score (nSPS) is 12.0. The van der Waals surface area contributed by atoms with E-state index in [1.54, 1.807) is 10.9 Å². The van der Waals surface area contributed by atoms with Gasteiger partial charge in [-0.2, -0.15) is 5.10 Å². The monoisotopic (exact) mass is 364 g/mol. The predicted molar refractivity (Wildman–Crippen MR) is 86.5 cm³/mol. The minimum atomic E-state index is -0.0557. The van der Waals surface area contributed by atoms with Crippen molar-refractivity contribution in [3.05, 3.63) is 28.8 Å². The summed E-state index contributed by atoms with van der Waals surface area (Å²) in [5, 5.41) is 8.37. The summed E-state index contributed by atoms with van der Waals surface area (Å²) in [6, 6.07) is 0. The van der Waals surface area contributed by atoms with Crippen LogP contribution in [0.4, 0.5) is 5.82 Å². The number of hydrogen-bond donors (Lipinski definition) is 1. The molecule has 3 aromatic heterocycles. The molecule has 0 unspecified atom stereocenters. The van der Waals surface area contributed by atoms with Crippen LogP contribution in [-0.4, -0.2) is 24.7 Å². The van der Waals surface area contributed by atoms with Gasteiger partial charge in [0.1, 0.15) is 22.5 Å². The van der Waals surface area contributed by atoms with Gasteiger partial charge in [-0.05, 0) is 15.9 Å². The first kappa shape index (κ1) is 15.0. The van der Waals surface area contributed by atoms with Crippen LogP contribution in [0.15, 0.2) is 21.5 Å². The fraction of sp³-hybridized carbons (Fsp3) is 0.429. The summed E-state index contributed by atoms with van der Waals surface area (Å²) < 4.78 is 8.18. The molecule has 3 aromatic rings. The Balaban J connectivity index is 1.84. The number of halogens is 1. The molecule has 116 valence electrons. The molecule has 0 bridgehead atoms. The standard InChI is InChI=1S/C14H17BrN6O/c1-14(2,3)8-5-16-9(22-8)6-17-12-10-11(15)20-21(4)13(10)19-7-18-12/h5,7H,6H2,1-4H3,(H,17,18,19). The highest BCUT2D eigenvalue weighted by Gasteiger charge is 2.19. The Morgan fingerprint density at radius 2 is 2.05 bits per heavy atom. The van der Waals surface area contributed by atoms with Crippen LogP contribution in [0.5, 0.6) is 0 Å². The van der Waals surface area contributed by atoms with Gasteiger partial charge >= 0.3 is 0 Å². The molecular formula is C14H17BrN6O. The van der Waals surface area contributed by atoms with Crippen LogP contribution in [0.25, 0.3) is 11.0 Å². The molecule has 3 rings (SSSR count). The molecule has 22 heavy (non-hydrogen) atoms. The molecule has 0 aliphatic carbocycles. The molecule has 8 heteroatoms. The summed E-state index contributed by atoms with van der Waals surface area (Å²) in [6.07, 6.45) is 3.28. The van der Waals surface area contributed by atoms with Gasteiger partial charge in [0, 0.05) is 12.5 Å². The smallest absolute Gasteiger partial charge is 0.213 e. The number of anilines is 1. The first-order chi connectivity index (χ1) is 10.4. The Hall–Kier alpha value is -1.96. The van der Waals surface area contributed by atoms with E-state index in [0.717, 1.165) is 16.8 Å². The quantitative estimate of drug-likeness (QED) is 0.768. The molecule has 0 fully saturated rings. The second-order valence-corrected chi connectivity index (χ2v) is 6.81. The third-order valence-electron chi connectivity index (χ3n) is 3.28. The summed E-state index contributed by atoms with van der Waals surface area (Å²) in [7, 11) is 1.84. The molecule has 1 N–H and O–H groups in total. The van der Waals surface area contributed by atoms with E-state index in [2.05, 4.69) is 62.1 Å². The lowest BCUT2D eigenvalue weighted by Gasteiger charge is -2.13. The zero-order valence-electron chi connectivity index (χ0n) is 12.9. The van der Waals surface area contributed by atoms with Crippen LogP contribution in [0.3, 0.4) is 0 Å². The third-order valence-corrected chi connectivity index (χ3v) is 3.83. The average molecular weight is 365 g/mol. The number of fused-ring (bicyclic) bond motifs is 1. The topological polar surface area (TPSA) is 81.7 Å². The van der Waals surface area contributed by atoms with E-state index >= 15 is 0 Å². The first-order valence-electron chi connectivity index (χ1n) is 6.88. The Morgan fingerprint density at radius 1 is 1.27 bits per heavy atom. The molecule has 7 nitrogen and oxygen atoms in total. The molecule has 0 aromatic carbocycles. The van der Waals surface area contributed by atoms with Crippen molar-refractivity contribution >= 4 is 32.8 Å². The van der Waals surface area contributed by atoms with Crippen molar-refractivity contribution in [3.8, 4) is 0 Å². The maximum Gasteiger partial charge on any atom is 0.213 e. The summed E-state index contributed by atoms with van der Waals surface area (Å²) in [6.45, 7) is 6.71. The van der Waals surface area contributed by atoms with E-state index in [-0.39, 0.29) is 5.41 Å². The summed E-state index contributed by atoms with van der Waals surface area (Å²) in [4.78, 5) is 12.8. The Labute approximate surface area is 136 Å². The lowest BCUT2D eigenvalue weighted by atomic mass is 9.94. The van der Waals surface area contributed by atoms with Crippen LogP contribution < -0.4 is 5.32 Å². The van der Waals surface area contributed by atoms with Gasteiger partial charge in [0.2, 0.25) is 5.89 Å². The highest BCUT2D eigenvalue weighted by atomic mass is 79.9. The highest BCUT2D eigenvalue weighted by molar-refractivity contribution is 9.10. The number of hydrogen-bond acceptors (Lipinski definition) is 6. The van der Waals surface area contributed by atoms with Gasteiger partial charge in [-0.15, -0.1) is 0 Å². The van der Waals surface area contributed by atoms with Crippen molar-refractivity contribution in [1.82, 2.24) is 24.7 Å². The van der Waals surface area contributed by atoms with Crippen LogP contribution in [0, 0.1) is 0 Å². The van der Waals surface area contributed by atoms with Crippen LogP contribution in [-0.2, 0) is 19.0 Å². The SMILES string of the molecule is Cn1nc(Br)c2c(NCc3ncc(C(C)(C)C)o3)ncnc21. The van der Waals surface area contributed by atoms with Gasteiger partial charge in [0.15, 0.2) is 5.65 Å². The summed E-state index contributed by atoms with van der Waals surface area (Å²) >= 11 is 3.43. The predicted octanol–water partition coefficient (Wildman–Crippen LogP) is 3.02. The van der Waals surface area contributed by atoms with Crippen LogP contribution in [0.1, 0.15) is 32.4 Å². The number of rotatable bonds is 3. The van der Waals surface area contributed by atoms with Crippen molar-refractivity contribution in [1.29, 1.82) is 0 Å². The number of nitrogens with zero attached hydrogens (tertiary/aromatic N) is 5. The second kappa shape index (κ2) is 5.35. The molecule has 0 aliphatic rings. The van der Waals surface area contributed by atoms with Crippen molar-refractivity contribution in [2.45, 2.75) is 32.7 Å².